The fraction of sp³-hybridized carbons (Fsp3) is 0.250. The molecule has 2 aromatic rings. The zero-order chi connectivity index (χ0) is 12.4. The van der Waals surface area contributed by atoms with Gasteiger partial charge in [0.15, 0.2) is 11.6 Å². The second-order valence-corrected chi connectivity index (χ2v) is 4.16. The standard InChI is InChI=1S/C12H12ClFN2O/c1-2-3-8-11(17-16-12(8)15)7-4-5-10(14)9(13)6-7/h4-6H,2-3H2,1H3,(H2,15,16). The Morgan fingerprint density at radius 3 is 2.88 bits per heavy atom. The van der Waals surface area contributed by atoms with Crippen LogP contribution in [-0.4, -0.2) is 5.16 Å². The number of aromatic nitrogens is 1. The van der Waals surface area contributed by atoms with E-state index >= 15 is 0 Å². The Kier molecular flexibility index (Phi) is 3.33. The number of benzene rings is 1. The van der Waals surface area contributed by atoms with Gasteiger partial charge in [0.05, 0.1) is 5.02 Å². The first kappa shape index (κ1) is 11.9. The van der Waals surface area contributed by atoms with Crippen LogP contribution in [0.25, 0.3) is 11.3 Å². The lowest BCUT2D eigenvalue weighted by Gasteiger charge is -2.02. The minimum atomic E-state index is -0.458. The molecule has 0 aliphatic carbocycles. The molecule has 0 aliphatic heterocycles. The summed E-state index contributed by atoms with van der Waals surface area (Å²) in [5.74, 6) is 0.480. The van der Waals surface area contributed by atoms with Crippen LogP contribution in [0, 0.1) is 5.82 Å². The van der Waals surface area contributed by atoms with Crippen molar-refractivity contribution in [1.29, 1.82) is 0 Å². The van der Waals surface area contributed by atoms with E-state index in [1.807, 2.05) is 6.92 Å². The third kappa shape index (κ3) is 2.26. The maximum Gasteiger partial charge on any atom is 0.172 e. The molecule has 0 radical (unpaired) electrons. The molecular weight excluding hydrogens is 243 g/mol. The van der Waals surface area contributed by atoms with Crippen LogP contribution in [0.15, 0.2) is 22.7 Å². The lowest BCUT2D eigenvalue weighted by atomic mass is 10.0. The molecule has 2 rings (SSSR count). The van der Waals surface area contributed by atoms with E-state index in [4.69, 9.17) is 21.9 Å². The van der Waals surface area contributed by atoms with E-state index in [1.165, 1.54) is 12.1 Å². The summed E-state index contributed by atoms with van der Waals surface area (Å²) in [6.07, 6.45) is 1.69. The summed E-state index contributed by atoms with van der Waals surface area (Å²) in [7, 11) is 0. The summed E-state index contributed by atoms with van der Waals surface area (Å²) in [4.78, 5) is 0. The lowest BCUT2D eigenvalue weighted by Crippen LogP contribution is -1.92. The van der Waals surface area contributed by atoms with Crippen molar-refractivity contribution in [2.45, 2.75) is 19.8 Å². The predicted octanol–water partition coefficient (Wildman–Crippen LogP) is 3.67. The molecule has 1 aromatic carbocycles. The number of hydrogen-bond acceptors (Lipinski definition) is 3. The van der Waals surface area contributed by atoms with Gasteiger partial charge < -0.3 is 10.3 Å². The van der Waals surface area contributed by atoms with Gasteiger partial charge in [0.25, 0.3) is 0 Å². The monoisotopic (exact) mass is 254 g/mol. The Morgan fingerprint density at radius 2 is 2.24 bits per heavy atom. The van der Waals surface area contributed by atoms with E-state index in [0.29, 0.717) is 17.1 Å². The summed E-state index contributed by atoms with van der Waals surface area (Å²) in [5, 5.41) is 3.79. The van der Waals surface area contributed by atoms with Gasteiger partial charge in [-0.2, -0.15) is 0 Å². The number of nitrogens with two attached hydrogens (primary N) is 1. The Balaban J connectivity index is 2.48. The molecule has 3 nitrogen and oxygen atoms in total. The third-order valence-corrected chi connectivity index (χ3v) is 2.79. The fourth-order valence-electron chi connectivity index (χ4n) is 1.68. The Hall–Kier alpha value is -1.55. The largest absolute Gasteiger partial charge is 0.381 e. The van der Waals surface area contributed by atoms with Crippen molar-refractivity contribution in [3.8, 4) is 11.3 Å². The summed E-state index contributed by atoms with van der Waals surface area (Å²) in [5.41, 5.74) is 7.25. The molecule has 0 fully saturated rings. The summed E-state index contributed by atoms with van der Waals surface area (Å²) in [6.45, 7) is 2.04. The van der Waals surface area contributed by atoms with Crippen molar-refractivity contribution < 1.29 is 8.91 Å². The van der Waals surface area contributed by atoms with Gasteiger partial charge in [-0.3, -0.25) is 0 Å². The minimum absolute atomic E-state index is 0.0555. The highest BCUT2D eigenvalue weighted by Gasteiger charge is 2.15. The number of hydrogen-bond donors (Lipinski definition) is 1. The van der Waals surface area contributed by atoms with Crippen molar-refractivity contribution in [1.82, 2.24) is 5.16 Å². The SMILES string of the molecule is CCCc1c(N)noc1-c1ccc(F)c(Cl)c1. The topological polar surface area (TPSA) is 52.0 Å². The number of nitrogen functional groups attached to an aromatic ring is 1. The second-order valence-electron chi connectivity index (χ2n) is 3.75. The highest BCUT2D eigenvalue weighted by atomic mass is 35.5. The van der Waals surface area contributed by atoms with Crippen molar-refractivity contribution in [2.24, 2.45) is 0 Å². The van der Waals surface area contributed by atoms with Crippen molar-refractivity contribution in [2.75, 3.05) is 5.73 Å². The van der Waals surface area contributed by atoms with Crippen molar-refractivity contribution in [3.63, 3.8) is 0 Å². The van der Waals surface area contributed by atoms with Gasteiger partial charge in [-0.05, 0) is 24.6 Å². The first-order valence-electron chi connectivity index (χ1n) is 5.33. The van der Waals surface area contributed by atoms with Gasteiger partial charge in [0.2, 0.25) is 0 Å². The zero-order valence-electron chi connectivity index (χ0n) is 9.34. The Bertz CT molecular complexity index is 539. The smallest absolute Gasteiger partial charge is 0.172 e. The average molecular weight is 255 g/mol. The van der Waals surface area contributed by atoms with Crippen LogP contribution < -0.4 is 5.73 Å². The molecule has 0 saturated carbocycles. The quantitative estimate of drug-likeness (QED) is 0.909. The van der Waals surface area contributed by atoms with Crippen LogP contribution in [0.3, 0.4) is 0 Å². The molecule has 0 unspecified atom stereocenters. The summed E-state index contributed by atoms with van der Waals surface area (Å²) in [6, 6.07) is 4.41. The van der Waals surface area contributed by atoms with E-state index < -0.39 is 5.82 Å². The van der Waals surface area contributed by atoms with E-state index in [0.717, 1.165) is 18.4 Å². The van der Waals surface area contributed by atoms with Crippen LogP contribution in [0.1, 0.15) is 18.9 Å². The summed E-state index contributed by atoms with van der Waals surface area (Å²) < 4.78 is 18.2. The molecule has 0 atom stereocenters. The average Bonchev–Trinajstić information content (AvgIpc) is 2.66. The molecular formula is C12H12ClFN2O. The third-order valence-electron chi connectivity index (χ3n) is 2.50. The minimum Gasteiger partial charge on any atom is -0.381 e. The molecule has 2 N–H and O–H groups in total. The Labute approximate surface area is 103 Å². The van der Waals surface area contributed by atoms with Crippen molar-refractivity contribution in [3.05, 3.63) is 34.6 Å². The first-order valence-corrected chi connectivity index (χ1v) is 5.70. The number of rotatable bonds is 3. The van der Waals surface area contributed by atoms with Gasteiger partial charge in [-0.25, -0.2) is 4.39 Å². The van der Waals surface area contributed by atoms with Crippen molar-refractivity contribution >= 4 is 17.4 Å². The van der Waals surface area contributed by atoms with Crippen LogP contribution in [-0.2, 0) is 6.42 Å². The van der Waals surface area contributed by atoms with Gasteiger partial charge in [-0.15, -0.1) is 0 Å². The lowest BCUT2D eigenvalue weighted by molar-refractivity contribution is 0.435. The molecule has 17 heavy (non-hydrogen) atoms. The highest BCUT2D eigenvalue weighted by molar-refractivity contribution is 6.31. The van der Waals surface area contributed by atoms with Gasteiger partial charge >= 0.3 is 0 Å². The molecule has 1 aromatic heterocycles. The number of anilines is 1. The zero-order valence-corrected chi connectivity index (χ0v) is 10.1. The number of halogens is 2. The maximum atomic E-state index is 13.1. The van der Waals surface area contributed by atoms with Gasteiger partial charge in [0, 0.05) is 11.1 Å². The van der Waals surface area contributed by atoms with E-state index in [2.05, 4.69) is 5.16 Å². The van der Waals surface area contributed by atoms with Gasteiger partial charge in [-0.1, -0.05) is 30.1 Å². The fourth-order valence-corrected chi connectivity index (χ4v) is 1.86. The molecule has 0 bridgehead atoms. The molecule has 5 heteroatoms. The highest BCUT2D eigenvalue weighted by Crippen LogP contribution is 2.31. The van der Waals surface area contributed by atoms with E-state index in [-0.39, 0.29) is 5.02 Å². The molecule has 1 heterocycles. The van der Waals surface area contributed by atoms with E-state index in [1.54, 1.807) is 6.07 Å². The molecule has 0 spiro atoms. The Morgan fingerprint density at radius 1 is 1.47 bits per heavy atom. The first-order chi connectivity index (χ1) is 8.13. The maximum absolute atomic E-state index is 13.1. The van der Waals surface area contributed by atoms with Crippen LogP contribution in [0.5, 0.6) is 0 Å². The van der Waals surface area contributed by atoms with Crippen LogP contribution in [0.2, 0.25) is 5.02 Å². The van der Waals surface area contributed by atoms with Gasteiger partial charge in [0.1, 0.15) is 5.82 Å². The molecule has 0 aliphatic rings. The molecule has 0 amide bonds. The van der Waals surface area contributed by atoms with E-state index in [9.17, 15) is 4.39 Å². The molecule has 0 saturated heterocycles. The predicted molar refractivity (Wildman–Crippen MR) is 65.3 cm³/mol. The molecule has 90 valence electrons. The summed E-state index contributed by atoms with van der Waals surface area (Å²) >= 11 is 5.73. The van der Waals surface area contributed by atoms with Crippen LogP contribution in [0.4, 0.5) is 10.2 Å². The van der Waals surface area contributed by atoms with Crippen LogP contribution >= 0.6 is 11.6 Å². The number of nitrogens with zero attached hydrogens (tertiary/aromatic N) is 1. The normalized spacial score (nSPS) is 10.8. The second kappa shape index (κ2) is 4.75.